The summed E-state index contributed by atoms with van der Waals surface area (Å²) in [4.78, 5) is 7.67. The van der Waals surface area contributed by atoms with E-state index in [9.17, 15) is 0 Å². The maximum atomic E-state index is 6.28. The summed E-state index contributed by atoms with van der Waals surface area (Å²) in [6.45, 7) is 21.7. The molecule has 0 fully saturated rings. The van der Waals surface area contributed by atoms with E-state index in [0.29, 0.717) is 0 Å². The van der Waals surface area contributed by atoms with Gasteiger partial charge in [-0.15, -0.1) is 34.0 Å². The van der Waals surface area contributed by atoms with Gasteiger partial charge in [0.05, 0.1) is 37.6 Å². The van der Waals surface area contributed by atoms with Gasteiger partial charge in [-0.25, -0.2) is 0 Å². The van der Waals surface area contributed by atoms with Crippen LogP contribution >= 0.6 is 34.0 Å². The lowest BCUT2D eigenvalue weighted by atomic mass is 10.0. The van der Waals surface area contributed by atoms with Crippen molar-refractivity contribution < 1.29 is 18.9 Å². The van der Waals surface area contributed by atoms with Gasteiger partial charge in [0.25, 0.3) is 0 Å². The molecule has 0 amide bonds. The minimum absolute atomic E-state index is 0.0627. The summed E-state index contributed by atoms with van der Waals surface area (Å²) in [6.07, 6.45) is 0.125. The Balaban J connectivity index is 1.66. The molecule has 5 rings (SSSR count). The number of rotatable bonds is 10. The van der Waals surface area contributed by atoms with E-state index < -0.39 is 0 Å². The van der Waals surface area contributed by atoms with Crippen molar-refractivity contribution >= 4 is 34.0 Å². The van der Waals surface area contributed by atoms with Crippen LogP contribution in [0.1, 0.15) is 61.1 Å². The molecule has 0 aliphatic carbocycles. The molecule has 45 heavy (non-hydrogen) atoms. The fourth-order valence-electron chi connectivity index (χ4n) is 5.64. The van der Waals surface area contributed by atoms with Crippen molar-refractivity contribution in [2.75, 3.05) is 14.2 Å². The number of benzene rings is 2. The molecule has 0 N–H and O–H groups in total. The van der Waals surface area contributed by atoms with Gasteiger partial charge < -0.3 is 18.9 Å². The highest BCUT2D eigenvalue weighted by Gasteiger charge is 2.27. The zero-order chi connectivity index (χ0) is 32.7. The van der Waals surface area contributed by atoms with Gasteiger partial charge in [-0.2, -0.15) is 0 Å². The average molecular weight is 661 g/mol. The third-order valence-electron chi connectivity index (χ3n) is 8.35. The molecule has 0 aliphatic heterocycles. The number of hydrogen-bond acceptors (Lipinski definition) is 7. The molecule has 0 unspecified atom stereocenters. The fraction of sp³-hybridized carbons (Fsp3) is 0.368. The van der Waals surface area contributed by atoms with Crippen molar-refractivity contribution in [3.05, 3.63) is 69.8 Å². The van der Waals surface area contributed by atoms with Gasteiger partial charge in [-0.3, -0.25) is 0 Å². The first kappa shape index (κ1) is 33.1. The topological polar surface area (TPSA) is 36.9 Å². The number of thiophene rings is 3. The molecule has 0 saturated carbocycles. The Labute approximate surface area is 280 Å². The molecule has 2 aromatic carbocycles. The van der Waals surface area contributed by atoms with Crippen LogP contribution in [0.3, 0.4) is 0 Å². The molecule has 238 valence electrons. The average Bonchev–Trinajstić information content (AvgIpc) is 3.57. The van der Waals surface area contributed by atoms with E-state index in [0.717, 1.165) is 34.1 Å². The van der Waals surface area contributed by atoms with Crippen LogP contribution in [0.25, 0.3) is 40.4 Å². The van der Waals surface area contributed by atoms with Crippen LogP contribution in [0.2, 0.25) is 0 Å². The predicted molar refractivity (Wildman–Crippen MR) is 195 cm³/mol. The minimum atomic E-state index is 0.0627. The van der Waals surface area contributed by atoms with E-state index in [4.69, 9.17) is 18.9 Å². The normalized spacial score (nSPS) is 11.5. The third-order valence-corrected chi connectivity index (χ3v) is 12.9. The van der Waals surface area contributed by atoms with Crippen molar-refractivity contribution in [1.82, 2.24) is 0 Å². The molecule has 0 aliphatic rings. The van der Waals surface area contributed by atoms with E-state index >= 15 is 0 Å². The van der Waals surface area contributed by atoms with Crippen LogP contribution in [-0.2, 0) is 0 Å². The first-order valence-electron chi connectivity index (χ1n) is 15.4. The quantitative estimate of drug-likeness (QED) is 0.149. The molecule has 0 spiro atoms. The van der Waals surface area contributed by atoms with Gasteiger partial charge in [0.1, 0.15) is 23.0 Å². The maximum absolute atomic E-state index is 6.28. The van der Waals surface area contributed by atoms with Crippen LogP contribution in [0.4, 0.5) is 0 Å². The zero-order valence-electron chi connectivity index (χ0n) is 28.5. The Morgan fingerprint density at radius 3 is 0.978 bits per heavy atom. The molecule has 0 bridgehead atoms. The Morgan fingerprint density at radius 1 is 0.422 bits per heavy atom. The minimum Gasteiger partial charge on any atom is -0.496 e. The van der Waals surface area contributed by atoms with Crippen LogP contribution in [-0.4, -0.2) is 26.4 Å². The van der Waals surface area contributed by atoms with Crippen molar-refractivity contribution in [2.45, 2.75) is 81.4 Å². The number of methoxy groups -OCH3 is 2. The highest BCUT2D eigenvalue weighted by Crippen LogP contribution is 2.54. The summed E-state index contributed by atoms with van der Waals surface area (Å²) in [6, 6.07) is 12.1. The highest BCUT2D eigenvalue weighted by molar-refractivity contribution is 7.28. The first-order valence-corrected chi connectivity index (χ1v) is 17.8. The second-order valence-corrected chi connectivity index (χ2v) is 15.1. The van der Waals surface area contributed by atoms with Gasteiger partial charge in [-0.05, 0) is 127 Å². The van der Waals surface area contributed by atoms with Crippen molar-refractivity contribution in [3.63, 3.8) is 0 Å². The molecule has 0 atom stereocenters. The lowest BCUT2D eigenvalue weighted by molar-refractivity contribution is 0.242. The first-order chi connectivity index (χ1) is 21.4. The summed E-state index contributed by atoms with van der Waals surface area (Å²) in [5.41, 5.74) is 9.85. The van der Waals surface area contributed by atoms with E-state index in [1.807, 2.05) is 70.4 Å². The zero-order valence-corrected chi connectivity index (χ0v) is 30.9. The molecular formula is C38H44O4S3. The predicted octanol–water partition coefficient (Wildman–Crippen LogP) is 12.0. The standard InChI is InChI=1S/C38H44O4S3/c1-19(2)41-29-17-13-15-27(39-11)31(29)33-21(5)23(7)35(43-33)37-25(9)26(10)38(45-37)36-24(8)22(6)34(44-36)32-28(40-12)16-14-18-30(32)42-20(3)4/h13-20H,1-12H3. The smallest absolute Gasteiger partial charge is 0.132 e. The van der Waals surface area contributed by atoms with Crippen LogP contribution in [0.5, 0.6) is 23.0 Å². The van der Waals surface area contributed by atoms with E-state index in [2.05, 4.69) is 69.2 Å². The molecule has 5 aromatic rings. The Kier molecular flexibility index (Phi) is 9.73. The Morgan fingerprint density at radius 2 is 0.689 bits per heavy atom. The second kappa shape index (κ2) is 13.2. The molecule has 7 heteroatoms. The van der Waals surface area contributed by atoms with E-state index in [1.54, 1.807) is 14.2 Å². The summed E-state index contributed by atoms with van der Waals surface area (Å²) in [5.74, 6) is 3.38. The van der Waals surface area contributed by atoms with Gasteiger partial charge in [0.15, 0.2) is 0 Å². The molecule has 0 radical (unpaired) electrons. The lowest BCUT2D eigenvalue weighted by Gasteiger charge is -2.16. The highest BCUT2D eigenvalue weighted by atomic mass is 32.1. The van der Waals surface area contributed by atoms with Crippen molar-refractivity contribution in [3.8, 4) is 63.4 Å². The molecule has 0 saturated heterocycles. The summed E-state index contributed by atoms with van der Waals surface area (Å²) < 4.78 is 24.3. The van der Waals surface area contributed by atoms with E-state index in [1.165, 1.54) is 62.6 Å². The molecular weight excluding hydrogens is 617 g/mol. The molecule has 3 heterocycles. The van der Waals surface area contributed by atoms with Gasteiger partial charge in [0, 0.05) is 29.3 Å². The largest absolute Gasteiger partial charge is 0.496 e. The van der Waals surface area contributed by atoms with Crippen LogP contribution in [0.15, 0.2) is 36.4 Å². The van der Waals surface area contributed by atoms with Gasteiger partial charge in [0.2, 0.25) is 0 Å². The lowest BCUT2D eigenvalue weighted by Crippen LogP contribution is -2.07. The summed E-state index contributed by atoms with van der Waals surface area (Å²) in [7, 11) is 3.46. The number of hydrogen-bond donors (Lipinski definition) is 0. The van der Waals surface area contributed by atoms with E-state index in [-0.39, 0.29) is 12.2 Å². The fourth-order valence-corrected chi connectivity index (χ4v) is 10.2. The van der Waals surface area contributed by atoms with Crippen molar-refractivity contribution in [1.29, 1.82) is 0 Å². The second-order valence-electron chi connectivity index (χ2n) is 12.0. The molecule has 4 nitrogen and oxygen atoms in total. The third kappa shape index (κ3) is 6.02. The Hall–Kier alpha value is -3.26. The van der Waals surface area contributed by atoms with Gasteiger partial charge in [-0.1, -0.05) is 12.1 Å². The van der Waals surface area contributed by atoms with Crippen LogP contribution < -0.4 is 18.9 Å². The van der Waals surface area contributed by atoms with Gasteiger partial charge >= 0.3 is 0 Å². The van der Waals surface area contributed by atoms with Crippen LogP contribution in [0, 0.1) is 41.5 Å². The maximum Gasteiger partial charge on any atom is 0.132 e. The Bertz CT molecular complexity index is 1720. The monoisotopic (exact) mass is 660 g/mol. The van der Waals surface area contributed by atoms with Crippen molar-refractivity contribution in [2.24, 2.45) is 0 Å². The molecule has 3 aromatic heterocycles. The summed E-state index contributed by atoms with van der Waals surface area (Å²) >= 11 is 5.57. The SMILES string of the molecule is COc1cccc(OC(C)C)c1-c1sc(-c2sc(-c3sc(-c4c(OC)cccc4OC(C)C)c(C)c3C)c(C)c2C)c(C)c1C. The summed E-state index contributed by atoms with van der Waals surface area (Å²) in [5, 5.41) is 0. The number of ether oxygens (including phenoxy) is 4.